The van der Waals surface area contributed by atoms with Gasteiger partial charge in [-0.25, -0.2) is 0 Å². The predicted molar refractivity (Wildman–Crippen MR) is 69.8 cm³/mol. The Kier molecular flexibility index (Phi) is 3.76. The molecule has 1 N–H and O–H groups in total. The molecule has 3 heteroatoms. The Morgan fingerprint density at radius 2 is 1.76 bits per heavy atom. The molecular weight excluding hydrogens is 212 g/mol. The van der Waals surface area contributed by atoms with Crippen molar-refractivity contribution in [3.05, 3.63) is 0 Å². The molecule has 1 aliphatic heterocycles. The Morgan fingerprint density at radius 1 is 1.24 bits per heavy atom. The van der Waals surface area contributed by atoms with Crippen LogP contribution in [0.25, 0.3) is 0 Å². The standard InChI is InChI=1S/C14H26N2O/c1-4-14(7-5-6-8-14)13(17)16-11(2)9-15-10-12(16)3/h11-12,15H,4-10H2,1-3H3. The first kappa shape index (κ1) is 12.9. The van der Waals surface area contributed by atoms with E-state index in [1.807, 2.05) is 0 Å². The van der Waals surface area contributed by atoms with Crippen LogP contribution in [-0.4, -0.2) is 36.0 Å². The normalized spacial score (nSPS) is 32.8. The lowest BCUT2D eigenvalue weighted by atomic mass is 9.81. The van der Waals surface area contributed by atoms with Crippen molar-refractivity contribution in [3.8, 4) is 0 Å². The molecule has 1 saturated carbocycles. The lowest BCUT2D eigenvalue weighted by Crippen LogP contribution is -2.60. The number of nitrogens with one attached hydrogen (secondary N) is 1. The van der Waals surface area contributed by atoms with Crippen molar-refractivity contribution in [2.24, 2.45) is 5.41 Å². The van der Waals surface area contributed by atoms with E-state index in [9.17, 15) is 4.79 Å². The van der Waals surface area contributed by atoms with Crippen molar-refractivity contribution in [1.82, 2.24) is 10.2 Å². The molecule has 1 saturated heterocycles. The number of carbonyl (C=O) groups excluding carboxylic acids is 1. The molecule has 0 aromatic rings. The lowest BCUT2D eigenvalue weighted by Gasteiger charge is -2.44. The van der Waals surface area contributed by atoms with E-state index in [1.54, 1.807) is 0 Å². The molecular formula is C14H26N2O. The second kappa shape index (κ2) is 4.97. The Labute approximate surface area is 105 Å². The van der Waals surface area contributed by atoms with E-state index >= 15 is 0 Å². The molecule has 17 heavy (non-hydrogen) atoms. The maximum absolute atomic E-state index is 12.9. The van der Waals surface area contributed by atoms with Gasteiger partial charge in [0.2, 0.25) is 5.91 Å². The van der Waals surface area contributed by atoms with E-state index in [1.165, 1.54) is 12.8 Å². The van der Waals surface area contributed by atoms with Gasteiger partial charge in [-0.15, -0.1) is 0 Å². The maximum atomic E-state index is 12.9. The minimum Gasteiger partial charge on any atom is -0.334 e. The van der Waals surface area contributed by atoms with Gasteiger partial charge in [-0.05, 0) is 33.1 Å². The monoisotopic (exact) mass is 238 g/mol. The van der Waals surface area contributed by atoms with Crippen LogP contribution in [0.2, 0.25) is 0 Å². The summed E-state index contributed by atoms with van der Waals surface area (Å²) < 4.78 is 0. The van der Waals surface area contributed by atoms with Gasteiger partial charge in [0.15, 0.2) is 0 Å². The summed E-state index contributed by atoms with van der Waals surface area (Å²) in [5.74, 6) is 0.430. The largest absolute Gasteiger partial charge is 0.334 e. The van der Waals surface area contributed by atoms with Gasteiger partial charge in [-0.3, -0.25) is 4.79 Å². The quantitative estimate of drug-likeness (QED) is 0.799. The van der Waals surface area contributed by atoms with Crippen molar-refractivity contribution in [1.29, 1.82) is 0 Å². The van der Waals surface area contributed by atoms with E-state index in [2.05, 4.69) is 31.0 Å². The highest BCUT2D eigenvalue weighted by molar-refractivity contribution is 5.83. The number of hydrogen-bond acceptors (Lipinski definition) is 2. The van der Waals surface area contributed by atoms with Gasteiger partial charge in [0.05, 0.1) is 0 Å². The summed E-state index contributed by atoms with van der Waals surface area (Å²) in [5.41, 5.74) is -0.0279. The first-order valence-electron chi connectivity index (χ1n) is 7.14. The molecule has 1 amide bonds. The smallest absolute Gasteiger partial charge is 0.229 e. The summed E-state index contributed by atoms with van der Waals surface area (Å²) in [4.78, 5) is 15.0. The molecule has 1 aliphatic carbocycles. The van der Waals surface area contributed by atoms with Gasteiger partial charge in [0.25, 0.3) is 0 Å². The van der Waals surface area contributed by atoms with Crippen LogP contribution < -0.4 is 5.32 Å². The third-order valence-corrected chi connectivity index (χ3v) is 4.75. The maximum Gasteiger partial charge on any atom is 0.229 e. The van der Waals surface area contributed by atoms with Crippen molar-refractivity contribution in [2.45, 2.75) is 65.0 Å². The molecule has 0 aromatic carbocycles. The number of piperazine rings is 1. The molecule has 1 heterocycles. The fraction of sp³-hybridized carbons (Fsp3) is 0.929. The second-order valence-corrected chi connectivity index (χ2v) is 5.91. The Hall–Kier alpha value is -0.570. The molecule has 0 spiro atoms. The zero-order valence-corrected chi connectivity index (χ0v) is 11.5. The van der Waals surface area contributed by atoms with Crippen LogP contribution in [0, 0.1) is 5.41 Å². The highest BCUT2D eigenvalue weighted by atomic mass is 16.2. The molecule has 0 bridgehead atoms. The predicted octanol–water partition coefficient (Wildman–Crippen LogP) is 2.17. The topological polar surface area (TPSA) is 32.3 Å². The van der Waals surface area contributed by atoms with E-state index in [0.717, 1.165) is 32.4 Å². The number of nitrogens with zero attached hydrogens (tertiary/aromatic N) is 1. The van der Waals surface area contributed by atoms with E-state index in [-0.39, 0.29) is 5.41 Å². The van der Waals surface area contributed by atoms with Gasteiger partial charge in [0.1, 0.15) is 0 Å². The molecule has 2 atom stereocenters. The van der Waals surface area contributed by atoms with Crippen molar-refractivity contribution >= 4 is 5.91 Å². The molecule has 0 aromatic heterocycles. The summed E-state index contributed by atoms with van der Waals surface area (Å²) in [6, 6.07) is 0.686. The zero-order chi connectivity index (χ0) is 12.5. The van der Waals surface area contributed by atoms with Crippen molar-refractivity contribution in [3.63, 3.8) is 0 Å². The van der Waals surface area contributed by atoms with Gasteiger partial charge in [0, 0.05) is 30.6 Å². The Morgan fingerprint density at radius 3 is 2.24 bits per heavy atom. The molecule has 3 nitrogen and oxygen atoms in total. The molecule has 2 aliphatic rings. The average molecular weight is 238 g/mol. The average Bonchev–Trinajstić information content (AvgIpc) is 2.78. The van der Waals surface area contributed by atoms with Crippen LogP contribution in [0.4, 0.5) is 0 Å². The summed E-state index contributed by atoms with van der Waals surface area (Å²) >= 11 is 0. The van der Waals surface area contributed by atoms with E-state index < -0.39 is 0 Å². The second-order valence-electron chi connectivity index (χ2n) is 5.91. The van der Waals surface area contributed by atoms with Crippen LogP contribution in [0.1, 0.15) is 52.9 Å². The molecule has 98 valence electrons. The lowest BCUT2D eigenvalue weighted by molar-refractivity contribution is -0.148. The van der Waals surface area contributed by atoms with E-state index in [4.69, 9.17) is 0 Å². The van der Waals surface area contributed by atoms with E-state index in [0.29, 0.717) is 18.0 Å². The zero-order valence-electron chi connectivity index (χ0n) is 11.5. The fourth-order valence-electron chi connectivity index (χ4n) is 3.58. The highest BCUT2D eigenvalue weighted by Crippen LogP contribution is 2.43. The van der Waals surface area contributed by atoms with Crippen LogP contribution in [-0.2, 0) is 4.79 Å². The SMILES string of the molecule is CCC1(C(=O)N2C(C)CNCC2C)CCCC1. The Balaban J connectivity index is 2.16. The summed E-state index contributed by atoms with van der Waals surface area (Å²) in [6.45, 7) is 8.39. The van der Waals surface area contributed by atoms with Gasteiger partial charge < -0.3 is 10.2 Å². The number of hydrogen-bond donors (Lipinski definition) is 1. The highest BCUT2D eigenvalue weighted by Gasteiger charge is 2.44. The molecule has 0 radical (unpaired) electrons. The Bertz CT molecular complexity index is 274. The third kappa shape index (κ3) is 2.22. The number of rotatable bonds is 2. The van der Waals surface area contributed by atoms with Gasteiger partial charge in [-0.2, -0.15) is 0 Å². The minimum absolute atomic E-state index is 0.0279. The van der Waals surface area contributed by atoms with Crippen LogP contribution >= 0.6 is 0 Å². The number of carbonyl (C=O) groups is 1. The van der Waals surface area contributed by atoms with Crippen LogP contribution in [0.15, 0.2) is 0 Å². The van der Waals surface area contributed by atoms with Crippen molar-refractivity contribution in [2.75, 3.05) is 13.1 Å². The molecule has 2 rings (SSSR count). The minimum atomic E-state index is -0.0279. The summed E-state index contributed by atoms with van der Waals surface area (Å²) in [6.07, 6.45) is 5.68. The van der Waals surface area contributed by atoms with Crippen molar-refractivity contribution < 1.29 is 4.79 Å². The van der Waals surface area contributed by atoms with Gasteiger partial charge >= 0.3 is 0 Å². The van der Waals surface area contributed by atoms with Crippen LogP contribution in [0.3, 0.4) is 0 Å². The fourth-order valence-corrected chi connectivity index (χ4v) is 3.58. The third-order valence-electron chi connectivity index (χ3n) is 4.75. The van der Waals surface area contributed by atoms with Crippen LogP contribution in [0.5, 0.6) is 0 Å². The summed E-state index contributed by atoms with van der Waals surface area (Å²) in [7, 11) is 0. The molecule has 2 unspecified atom stereocenters. The first-order chi connectivity index (χ1) is 8.10. The molecule has 2 fully saturated rings. The first-order valence-corrected chi connectivity index (χ1v) is 7.14. The van der Waals surface area contributed by atoms with Gasteiger partial charge in [-0.1, -0.05) is 19.8 Å². The number of amides is 1. The summed E-state index contributed by atoms with van der Waals surface area (Å²) in [5, 5.41) is 3.40.